The van der Waals surface area contributed by atoms with Crippen molar-refractivity contribution < 1.29 is 19.1 Å². The normalized spacial score (nSPS) is 19.7. The van der Waals surface area contributed by atoms with E-state index in [2.05, 4.69) is 10.3 Å². The molecule has 0 bridgehead atoms. The maximum absolute atomic E-state index is 12.7. The molecule has 1 aromatic carbocycles. The Labute approximate surface area is 156 Å². The molecular formula is C21H20N2O4. The molecule has 2 heterocycles. The number of carbonyl (C=O) groups is 1. The van der Waals surface area contributed by atoms with Crippen molar-refractivity contribution in [1.82, 2.24) is 10.3 Å². The van der Waals surface area contributed by atoms with Gasteiger partial charge in [0.05, 0.1) is 17.8 Å². The summed E-state index contributed by atoms with van der Waals surface area (Å²) in [6, 6.07) is 17.7. The number of aliphatic hydroxyl groups is 1. The standard InChI is InChI=1S/C21H20N2O4/c24-15-12-14(13-15)20(17-8-4-5-11-22-17)23-21(25)18-9-10-19(27-18)26-16-6-2-1-3-7-16/h1-11,14-15,20,24H,12-13H2,(H,23,25)/t14?,15?,20-/m1/s1. The van der Waals surface area contributed by atoms with Gasteiger partial charge < -0.3 is 19.6 Å². The minimum Gasteiger partial charge on any atom is -0.426 e. The average Bonchev–Trinajstić information content (AvgIpc) is 3.14. The van der Waals surface area contributed by atoms with E-state index in [4.69, 9.17) is 9.15 Å². The third kappa shape index (κ3) is 4.01. The smallest absolute Gasteiger partial charge is 0.290 e. The van der Waals surface area contributed by atoms with Crippen LogP contribution in [-0.2, 0) is 0 Å². The van der Waals surface area contributed by atoms with Gasteiger partial charge >= 0.3 is 0 Å². The van der Waals surface area contributed by atoms with E-state index in [1.807, 2.05) is 36.4 Å². The lowest BCUT2D eigenvalue weighted by Crippen LogP contribution is -2.41. The molecule has 6 nitrogen and oxygen atoms in total. The summed E-state index contributed by atoms with van der Waals surface area (Å²) in [6.45, 7) is 0. The lowest BCUT2D eigenvalue weighted by molar-refractivity contribution is 0.0225. The minimum atomic E-state index is -0.338. The van der Waals surface area contributed by atoms with E-state index in [0.717, 1.165) is 5.69 Å². The van der Waals surface area contributed by atoms with Crippen LogP contribution < -0.4 is 10.1 Å². The molecule has 1 fully saturated rings. The number of ether oxygens (including phenoxy) is 1. The number of aromatic nitrogens is 1. The zero-order valence-electron chi connectivity index (χ0n) is 14.6. The number of amides is 1. The van der Waals surface area contributed by atoms with Crippen LogP contribution in [0.1, 0.15) is 35.1 Å². The summed E-state index contributed by atoms with van der Waals surface area (Å²) in [6.07, 6.45) is 2.67. The molecule has 1 aliphatic rings. The van der Waals surface area contributed by atoms with Crippen LogP contribution in [-0.4, -0.2) is 22.1 Å². The third-order valence-electron chi connectivity index (χ3n) is 4.68. The largest absolute Gasteiger partial charge is 0.426 e. The first-order chi connectivity index (χ1) is 13.2. The monoisotopic (exact) mass is 364 g/mol. The van der Waals surface area contributed by atoms with E-state index in [9.17, 15) is 9.90 Å². The first kappa shape index (κ1) is 17.3. The second kappa shape index (κ2) is 7.63. The maximum Gasteiger partial charge on any atom is 0.290 e. The Morgan fingerprint density at radius 3 is 2.59 bits per heavy atom. The second-order valence-electron chi connectivity index (χ2n) is 6.62. The van der Waals surface area contributed by atoms with Crippen molar-refractivity contribution in [3.63, 3.8) is 0 Å². The van der Waals surface area contributed by atoms with Crippen molar-refractivity contribution in [1.29, 1.82) is 0 Å². The molecular weight excluding hydrogens is 344 g/mol. The molecule has 1 saturated carbocycles. The molecule has 2 aromatic heterocycles. The van der Waals surface area contributed by atoms with Gasteiger partial charge in [0.15, 0.2) is 5.76 Å². The lowest BCUT2D eigenvalue weighted by atomic mass is 9.76. The highest BCUT2D eigenvalue weighted by atomic mass is 16.6. The van der Waals surface area contributed by atoms with E-state index >= 15 is 0 Å². The molecule has 3 aromatic rings. The molecule has 0 radical (unpaired) electrons. The van der Waals surface area contributed by atoms with E-state index in [1.54, 1.807) is 30.5 Å². The van der Waals surface area contributed by atoms with Crippen LogP contribution in [0.5, 0.6) is 11.7 Å². The predicted octanol–water partition coefficient (Wildman–Crippen LogP) is 3.71. The minimum absolute atomic E-state index is 0.147. The van der Waals surface area contributed by atoms with Crippen LogP contribution in [0, 0.1) is 5.92 Å². The summed E-state index contributed by atoms with van der Waals surface area (Å²) in [5.74, 6) is 0.860. The molecule has 138 valence electrons. The summed E-state index contributed by atoms with van der Waals surface area (Å²) in [7, 11) is 0. The van der Waals surface area contributed by atoms with Crippen LogP contribution in [0.2, 0.25) is 0 Å². The van der Waals surface area contributed by atoms with Crippen LogP contribution in [0.4, 0.5) is 0 Å². The van der Waals surface area contributed by atoms with Gasteiger partial charge in [0, 0.05) is 12.3 Å². The Hall–Kier alpha value is -3.12. The molecule has 27 heavy (non-hydrogen) atoms. The molecule has 1 aliphatic carbocycles. The number of para-hydroxylation sites is 1. The van der Waals surface area contributed by atoms with Crippen LogP contribution >= 0.6 is 0 Å². The highest BCUT2D eigenvalue weighted by Gasteiger charge is 2.36. The summed E-state index contributed by atoms with van der Waals surface area (Å²) in [4.78, 5) is 17.0. The first-order valence-corrected chi connectivity index (χ1v) is 8.91. The fourth-order valence-electron chi connectivity index (χ4n) is 3.21. The van der Waals surface area contributed by atoms with Gasteiger partial charge in [0.25, 0.3) is 11.9 Å². The van der Waals surface area contributed by atoms with Gasteiger partial charge in [-0.1, -0.05) is 24.3 Å². The number of hydrogen-bond acceptors (Lipinski definition) is 5. The topological polar surface area (TPSA) is 84.6 Å². The van der Waals surface area contributed by atoms with E-state index in [1.165, 1.54) is 0 Å². The lowest BCUT2D eigenvalue weighted by Gasteiger charge is -2.37. The van der Waals surface area contributed by atoms with Gasteiger partial charge in [-0.05, 0) is 49.1 Å². The highest BCUT2D eigenvalue weighted by molar-refractivity contribution is 5.91. The van der Waals surface area contributed by atoms with Gasteiger partial charge in [-0.3, -0.25) is 9.78 Å². The highest BCUT2D eigenvalue weighted by Crippen LogP contribution is 2.37. The number of carbonyl (C=O) groups excluding carboxylic acids is 1. The van der Waals surface area contributed by atoms with Gasteiger partial charge in [-0.15, -0.1) is 0 Å². The Balaban J connectivity index is 1.47. The Morgan fingerprint density at radius 1 is 1.11 bits per heavy atom. The fourth-order valence-corrected chi connectivity index (χ4v) is 3.21. The maximum atomic E-state index is 12.7. The zero-order chi connectivity index (χ0) is 18.6. The molecule has 0 unspecified atom stereocenters. The number of hydrogen-bond donors (Lipinski definition) is 2. The molecule has 1 atom stereocenters. The van der Waals surface area contributed by atoms with Crippen LogP contribution in [0.15, 0.2) is 71.3 Å². The van der Waals surface area contributed by atoms with Crippen molar-refractivity contribution in [3.05, 3.63) is 78.3 Å². The van der Waals surface area contributed by atoms with Gasteiger partial charge in [-0.2, -0.15) is 0 Å². The Kier molecular flexibility index (Phi) is 4.89. The van der Waals surface area contributed by atoms with Crippen molar-refractivity contribution in [2.45, 2.75) is 25.0 Å². The number of nitrogens with zero attached hydrogens (tertiary/aromatic N) is 1. The molecule has 6 heteroatoms. The summed E-state index contributed by atoms with van der Waals surface area (Å²) < 4.78 is 11.1. The zero-order valence-corrected chi connectivity index (χ0v) is 14.6. The Morgan fingerprint density at radius 2 is 1.89 bits per heavy atom. The number of aliphatic hydroxyl groups excluding tert-OH is 1. The number of benzene rings is 1. The number of furan rings is 1. The molecule has 0 aliphatic heterocycles. The average molecular weight is 364 g/mol. The summed E-state index contributed by atoms with van der Waals surface area (Å²) in [5.41, 5.74) is 0.773. The second-order valence-corrected chi connectivity index (χ2v) is 6.62. The first-order valence-electron chi connectivity index (χ1n) is 8.91. The van der Waals surface area contributed by atoms with Crippen LogP contribution in [0.25, 0.3) is 0 Å². The molecule has 0 saturated heterocycles. The number of rotatable bonds is 6. The van der Waals surface area contributed by atoms with Crippen molar-refractivity contribution in [2.75, 3.05) is 0 Å². The van der Waals surface area contributed by atoms with Gasteiger partial charge in [0.2, 0.25) is 0 Å². The number of pyridine rings is 1. The van der Waals surface area contributed by atoms with E-state index in [-0.39, 0.29) is 35.7 Å². The van der Waals surface area contributed by atoms with E-state index < -0.39 is 0 Å². The van der Waals surface area contributed by atoms with Gasteiger partial charge in [-0.25, -0.2) is 0 Å². The molecule has 2 N–H and O–H groups in total. The predicted molar refractivity (Wildman–Crippen MR) is 98.4 cm³/mol. The van der Waals surface area contributed by atoms with Gasteiger partial charge in [0.1, 0.15) is 5.75 Å². The summed E-state index contributed by atoms with van der Waals surface area (Å²) >= 11 is 0. The van der Waals surface area contributed by atoms with Crippen molar-refractivity contribution >= 4 is 5.91 Å². The van der Waals surface area contributed by atoms with Crippen molar-refractivity contribution in [3.8, 4) is 11.7 Å². The SMILES string of the molecule is O=C(N[C@@H](c1ccccn1)C1CC(O)C1)c1ccc(Oc2ccccc2)o1. The Bertz CT molecular complexity index is 889. The molecule has 4 rings (SSSR count). The third-order valence-corrected chi connectivity index (χ3v) is 4.68. The number of nitrogens with one attached hydrogen (secondary N) is 1. The molecule has 0 spiro atoms. The fraction of sp³-hybridized carbons (Fsp3) is 0.238. The molecule has 1 amide bonds. The summed E-state index contributed by atoms with van der Waals surface area (Å²) in [5, 5.41) is 12.6. The quantitative estimate of drug-likeness (QED) is 0.696. The van der Waals surface area contributed by atoms with Crippen LogP contribution in [0.3, 0.4) is 0 Å². The van der Waals surface area contributed by atoms with Crippen molar-refractivity contribution in [2.24, 2.45) is 5.92 Å². The van der Waals surface area contributed by atoms with E-state index in [0.29, 0.717) is 18.6 Å².